The lowest BCUT2D eigenvalue weighted by molar-refractivity contribution is -0.142. The molecule has 0 fully saturated rings. The lowest BCUT2D eigenvalue weighted by atomic mass is 10.1. The molecular weight excluding hydrogens is 281 g/mol. The Morgan fingerprint density at radius 2 is 2.05 bits per heavy atom. The van der Waals surface area contributed by atoms with Crippen LogP contribution in [-0.2, 0) is 14.3 Å². The van der Waals surface area contributed by atoms with E-state index in [0.717, 1.165) is 6.07 Å². The number of rotatable bonds is 6. The molecule has 0 aliphatic carbocycles. The van der Waals surface area contributed by atoms with Crippen LogP contribution in [0, 0.1) is 12.7 Å². The number of hydrogen-bond acceptors (Lipinski definition) is 4. The van der Waals surface area contributed by atoms with Crippen molar-refractivity contribution in [2.45, 2.75) is 25.8 Å². The van der Waals surface area contributed by atoms with Gasteiger partial charge >= 0.3 is 11.9 Å². The number of ether oxygens (including phenoxy) is 1. The zero-order valence-electron chi connectivity index (χ0n) is 11.7. The highest BCUT2D eigenvalue weighted by atomic mass is 19.1. The molecule has 0 unspecified atom stereocenters. The van der Waals surface area contributed by atoms with Crippen LogP contribution >= 0.6 is 0 Å². The molecule has 1 amide bonds. The van der Waals surface area contributed by atoms with Gasteiger partial charge in [-0.05, 0) is 31.0 Å². The summed E-state index contributed by atoms with van der Waals surface area (Å²) in [6.07, 6.45) is -0.252. The molecule has 0 radical (unpaired) electrons. The summed E-state index contributed by atoms with van der Waals surface area (Å²) < 4.78 is 17.8. The average molecular weight is 297 g/mol. The zero-order chi connectivity index (χ0) is 16.0. The molecule has 0 saturated heterocycles. The van der Waals surface area contributed by atoms with Crippen molar-refractivity contribution in [1.29, 1.82) is 0 Å². The molecule has 0 heterocycles. The Morgan fingerprint density at radius 1 is 1.38 bits per heavy atom. The van der Waals surface area contributed by atoms with Gasteiger partial charge in [0.05, 0.1) is 7.11 Å². The first kappa shape index (κ1) is 16.6. The van der Waals surface area contributed by atoms with Gasteiger partial charge in [0.25, 0.3) is 5.91 Å². The fraction of sp³-hybridized carbons (Fsp3) is 0.357. The standard InChI is InChI=1S/C14H16FNO5/c1-8-3-4-9(7-10(8)15)13(18)16-11(14(19)20)5-6-12(17)21-2/h3-4,7,11H,5-6H2,1-2H3,(H,16,18)(H,19,20)/t11-/m1/s1. The Hall–Kier alpha value is -2.44. The van der Waals surface area contributed by atoms with Gasteiger partial charge in [-0.1, -0.05) is 6.07 Å². The third kappa shape index (κ3) is 4.87. The minimum absolute atomic E-state index is 0.0161. The number of carbonyl (C=O) groups excluding carboxylic acids is 2. The number of nitrogens with one attached hydrogen (secondary N) is 1. The van der Waals surface area contributed by atoms with E-state index in [-0.39, 0.29) is 18.4 Å². The SMILES string of the molecule is COC(=O)CC[C@@H](NC(=O)c1ccc(C)c(F)c1)C(=O)O. The summed E-state index contributed by atoms with van der Waals surface area (Å²) in [6.45, 7) is 1.55. The third-order valence-corrected chi connectivity index (χ3v) is 2.90. The fourth-order valence-corrected chi connectivity index (χ4v) is 1.60. The molecule has 1 rings (SSSR count). The summed E-state index contributed by atoms with van der Waals surface area (Å²) >= 11 is 0. The lowest BCUT2D eigenvalue weighted by Gasteiger charge is -2.14. The summed E-state index contributed by atoms with van der Waals surface area (Å²) in [4.78, 5) is 33.9. The van der Waals surface area contributed by atoms with Crippen molar-refractivity contribution in [2.75, 3.05) is 7.11 Å². The molecule has 0 spiro atoms. The predicted molar refractivity (Wildman–Crippen MR) is 71.3 cm³/mol. The molecule has 1 aromatic rings. The van der Waals surface area contributed by atoms with Crippen LogP contribution in [0.3, 0.4) is 0 Å². The van der Waals surface area contributed by atoms with Crippen LogP contribution in [0.15, 0.2) is 18.2 Å². The van der Waals surface area contributed by atoms with Crippen LogP contribution in [0.25, 0.3) is 0 Å². The van der Waals surface area contributed by atoms with E-state index < -0.39 is 29.7 Å². The minimum atomic E-state index is -1.28. The van der Waals surface area contributed by atoms with Crippen molar-refractivity contribution < 1.29 is 28.6 Å². The molecular formula is C14H16FNO5. The van der Waals surface area contributed by atoms with Gasteiger partial charge in [0.2, 0.25) is 0 Å². The summed E-state index contributed by atoms with van der Waals surface area (Å²) in [5, 5.41) is 11.3. The number of carboxylic acid groups (broad SMARTS) is 1. The van der Waals surface area contributed by atoms with Crippen LogP contribution in [0.2, 0.25) is 0 Å². The second kappa shape index (κ2) is 7.37. The van der Waals surface area contributed by atoms with Gasteiger partial charge in [-0.2, -0.15) is 0 Å². The largest absolute Gasteiger partial charge is 0.480 e. The van der Waals surface area contributed by atoms with E-state index in [2.05, 4.69) is 10.1 Å². The number of amides is 1. The number of halogens is 1. The smallest absolute Gasteiger partial charge is 0.326 e. The number of aliphatic carboxylic acids is 1. The minimum Gasteiger partial charge on any atom is -0.480 e. The number of esters is 1. The first-order valence-corrected chi connectivity index (χ1v) is 6.21. The molecule has 21 heavy (non-hydrogen) atoms. The number of carbonyl (C=O) groups is 3. The topological polar surface area (TPSA) is 92.7 Å². The van der Waals surface area contributed by atoms with E-state index in [0.29, 0.717) is 5.56 Å². The highest BCUT2D eigenvalue weighted by Crippen LogP contribution is 2.10. The van der Waals surface area contributed by atoms with Crippen molar-refractivity contribution >= 4 is 17.8 Å². The Labute approximate surface area is 120 Å². The molecule has 2 N–H and O–H groups in total. The monoisotopic (exact) mass is 297 g/mol. The third-order valence-electron chi connectivity index (χ3n) is 2.90. The van der Waals surface area contributed by atoms with Crippen molar-refractivity contribution in [2.24, 2.45) is 0 Å². The van der Waals surface area contributed by atoms with Crippen molar-refractivity contribution in [1.82, 2.24) is 5.32 Å². The molecule has 114 valence electrons. The highest BCUT2D eigenvalue weighted by molar-refractivity contribution is 5.96. The number of benzene rings is 1. The Bertz CT molecular complexity index is 558. The highest BCUT2D eigenvalue weighted by Gasteiger charge is 2.22. The van der Waals surface area contributed by atoms with Gasteiger partial charge in [-0.15, -0.1) is 0 Å². The first-order valence-electron chi connectivity index (χ1n) is 6.21. The summed E-state index contributed by atoms with van der Waals surface area (Å²) in [6, 6.07) is 2.60. The van der Waals surface area contributed by atoms with Gasteiger partial charge in [0.15, 0.2) is 0 Å². The maximum absolute atomic E-state index is 13.4. The van der Waals surface area contributed by atoms with E-state index in [1.807, 2.05) is 0 Å². The molecule has 0 aromatic heterocycles. The maximum atomic E-state index is 13.4. The van der Waals surface area contributed by atoms with Crippen LogP contribution in [0.4, 0.5) is 4.39 Å². The first-order chi connectivity index (χ1) is 9.85. The molecule has 1 atom stereocenters. The van der Waals surface area contributed by atoms with Gasteiger partial charge in [-0.3, -0.25) is 9.59 Å². The molecule has 0 aliphatic rings. The summed E-state index contributed by atoms with van der Waals surface area (Å²) in [5.74, 6) is -3.12. The van der Waals surface area contributed by atoms with E-state index in [1.54, 1.807) is 6.92 Å². The molecule has 7 heteroatoms. The predicted octanol–water partition coefficient (Wildman–Crippen LogP) is 1.27. The summed E-state index contributed by atoms with van der Waals surface area (Å²) in [5.41, 5.74) is 0.398. The second-order valence-electron chi connectivity index (χ2n) is 4.44. The molecule has 0 bridgehead atoms. The van der Waals surface area contributed by atoms with Crippen molar-refractivity contribution in [3.63, 3.8) is 0 Å². The second-order valence-corrected chi connectivity index (χ2v) is 4.44. The Morgan fingerprint density at radius 3 is 2.57 bits per heavy atom. The molecule has 0 aliphatic heterocycles. The summed E-state index contributed by atoms with van der Waals surface area (Å²) in [7, 11) is 1.19. The van der Waals surface area contributed by atoms with E-state index in [4.69, 9.17) is 5.11 Å². The quantitative estimate of drug-likeness (QED) is 0.771. The van der Waals surface area contributed by atoms with E-state index in [1.165, 1.54) is 19.2 Å². The van der Waals surface area contributed by atoms with Crippen LogP contribution in [-0.4, -0.2) is 36.1 Å². The van der Waals surface area contributed by atoms with Gasteiger partial charge in [0, 0.05) is 12.0 Å². The zero-order valence-corrected chi connectivity index (χ0v) is 11.7. The molecule has 0 saturated carbocycles. The maximum Gasteiger partial charge on any atom is 0.326 e. The average Bonchev–Trinajstić information content (AvgIpc) is 2.45. The van der Waals surface area contributed by atoms with Gasteiger partial charge < -0.3 is 15.2 Å². The molecule has 1 aromatic carbocycles. The van der Waals surface area contributed by atoms with E-state index >= 15 is 0 Å². The van der Waals surface area contributed by atoms with Crippen molar-refractivity contribution in [3.05, 3.63) is 35.1 Å². The van der Waals surface area contributed by atoms with Crippen LogP contribution in [0.5, 0.6) is 0 Å². The van der Waals surface area contributed by atoms with Crippen molar-refractivity contribution in [3.8, 4) is 0 Å². The van der Waals surface area contributed by atoms with Gasteiger partial charge in [-0.25, -0.2) is 9.18 Å². The fourth-order valence-electron chi connectivity index (χ4n) is 1.60. The number of hydrogen-bond donors (Lipinski definition) is 2. The number of methoxy groups -OCH3 is 1. The lowest BCUT2D eigenvalue weighted by Crippen LogP contribution is -2.41. The van der Waals surface area contributed by atoms with Crippen LogP contribution in [0.1, 0.15) is 28.8 Å². The van der Waals surface area contributed by atoms with Crippen LogP contribution < -0.4 is 5.32 Å². The van der Waals surface area contributed by atoms with Gasteiger partial charge in [0.1, 0.15) is 11.9 Å². The number of aryl methyl sites for hydroxylation is 1. The van der Waals surface area contributed by atoms with E-state index in [9.17, 15) is 18.8 Å². The Balaban J connectivity index is 2.74. The number of carboxylic acids is 1. The normalized spacial score (nSPS) is 11.6. The Kier molecular flexibility index (Phi) is 5.83. The molecule has 6 nitrogen and oxygen atoms in total.